The molecule has 2 heterocycles. The van der Waals surface area contributed by atoms with E-state index in [-0.39, 0.29) is 5.69 Å². The third kappa shape index (κ3) is 3.73. The van der Waals surface area contributed by atoms with Crippen molar-refractivity contribution in [3.05, 3.63) is 65.9 Å². The average Bonchev–Trinajstić information content (AvgIpc) is 3.57. The number of pyridine rings is 1. The summed E-state index contributed by atoms with van der Waals surface area (Å²) in [5.74, 6) is -0.498. The summed E-state index contributed by atoms with van der Waals surface area (Å²) in [6.07, 6.45) is 2.24. The molecule has 5 rings (SSSR count). The molecule has 0 aliphatic heterocycles. The smallest absolute Gasteiger partial charge is 0.323 e. The number of hydrogen-bond acceptors (Lipinski definition) is 4. The number of aryl methyl sites for hydroxylation is 1. The molecule has 0 saturated heterocycles. The summed E-state index contributed by atoms with van der Waals surface area (Å²) in [6.45, 7) is 0. The second kappa shape index (κ2) is 7.60. The number of amides is 2. The van der Waals surface area contributed by atoms with Gasteiger partial charge < -0.3 is 16.4 Å². The molecule has 32 heavy (non-hydrogen) atoms. The van der Waals surface area contributed by atoms with Gasteiger partial charge in [-0.25, -0.2) is 23.2 Å². The Hall–Kier alpha value is -4.01. The zero-order valence-corrected chi connectivity index (χ0v) is 17.2. The number of carbonyl (C=O) groups excluding carboxylic acids is 1. The molecule has 0 radical (unpaired) electrons. The minimum absolute atomic E-state index is 0.238. The predicted molar refractivity (Wildman–Crippen MR) is 119 cm³/mol. The van der Waals surface area contributed by atoms with Crippen molar-refractivity contribution in [3.63, 3.8) is 0 Å². The number of nitrogen functional groups attached to an aromatic ring is 1. The van der Waals surface area contributed by atoms with E-state index < -0.39 is 17.7 Å². The van der Waals surface area contributed by atoms with Gasteiger partial charge in [0.1, 0.15) is 11.6 Å². The Balaban J connectivity index is 1.41. The van der Waals surface area contributed by atoms with E-state index >= 15 is 0 Å². The lowest BCUT2D eigenvalue weighted by Crippen LogP contribution is -2.20. The molecule has 4 N–H and O–H groups in total. The number of urea groups is 1. The van der Waals surface area contributed by atoms with E-state index in [0.717, 1.165) is 58.9 Å². The van der Waals surface area contributed by atoms with E-state index in [1.165, 1.54) is 0 Å². The molecule has 1 fully saturated rings. The van der Waals surface area contributed by atoms with Gasteiger partial charge in [-0.05, 0) is 54.3 Å². The number of anilines is 3. The maximum atomic E-state index is 13.7. The lowest BCUT2D eigenvalue weighted by atomic mass is 10.0. The van der Waals surface area contributed by atoms with Gasteiger partial charge in [-0.2, -0.15) is 5.10 Å². The number of carbonyl (C=O) groups is 1. The summed E-state index contributed by atoms with van der Waals surface area (Å²) in [5.41, 5.74) is 10.0. The number of aromatic nitrogens is 3. The van der Waals surface area contributed by atoms with Crippen LogP contribution in [0.25, 0.3) is 22.2 Å². The standard InChI is InChI=1S/C23H20F2N6O/c1-31-22-20(21(26)30-31)16(11-18(28-22)13-2-3-13)12-4-7-15(8-5-12)27-23(32)29-19-10-14(24)6-9-17(19)25/h4-11,13H,2-3H2,1H3,(H2,26,30)(H2,27,29,32). The Labute approximate surface area is 182 Å². The van der Waals surface area contributed by atoms with Gasteiger partial charge in [0, 0.05) is 30.4 Å². The Kier molecular flexibility index (Phi) is 4.73. The zero-order chi connectivity index (χ0) is 22.4. The Morgan fingerprint density at radius 1 is 1.09 bits per heavy atom. The molecule has 7 nitrogen and oxygen atoms in total. The molecule has 4 aromatic rings. The van der Waals surface area contributed by atoms with Crippen LogP contribution in [0.1, 0.15) is 24.5 Å². The second-order valence-electron chi connectivity index (χ2n) is 7.86. The van der Waals surface area contributed by atoms with Crippen molar-refractivity contribution in [2.75, 3.05) is 16.4 Å². The van der Waals surface area contributed by atoms with Gasteiger partial charge in [0.25, 0.3) is 0 Å². The predicted octanol–water partition coefficient (Wildman–Crippen LogP) is 5.02. The monoisotopic (exact) mass is 434 g/mol. The van der Waals surface area contributed by atoms with Crippen molar-refractivity contribution >= 4 is 34.3 Å². The van der Waals surface area contributed by atoms with Crippen LogP contribution in [0.4, 0.5) is 30.8 Å². The third-order valence-electron chi connectivity index (χ3n) is 5.47. The number of rotatable bonds is 4. The third-order valence-corrected chi connectivity index (χ3v) is 5.47. The topological polar surface area (TPSA) is 97.9 Å². The molecular weight excluding hydrogens is 414 g/mol. The first-order valence-corrected chi connectivity index (χ1v) is 10.2. The van der Waals surface area contributed by atoms with Crippen molar-refractivity contribution in [2.24, 2.45) is 7.05 Å². The fourth-order valence-electron chi connectivity index (χ4n) is 3.72. The van der Waals surface area contributed by atoms with Crippen LogP contribution in [0, 0.1) is 11.6 Å². The lowest BCUT2D eigenvalue weighted by Gasteiger charge is -2.11. The molecule has 1 aliphatic carbocycles. The summed E-state index contributed by atoms with van der Waals surface area (Å²) in [6, 6.07) is 11.4. The van der Waals surface area contributed by atoms with Crippen LogP contribution in [0.2, 0.25) is 0 Å². The normalized spacial score (nSPS) is 13.3. The molecule has 0 atom stereocenters. The van der Waals surface area contributed by atoms with E-state index in [9.17, 15) is 13.6 Å². The largest absolute Gasteiger partial charge is 0.382 e. The number of fused-ring (bicyclic) bond motifs is 1. The van der Waals surface area contributed by atoms with E-state index in [2.05, 4.69) is 21.8 Å². The maximum absolute atomic E-state index is 13.7. The molecular formula is C23H20F2N6O. The molecule has 2 amide bonds. The van der Waals surface area contributed by atoms with Gasteiger partial charge in [0.05, 0.1) is 11.1 Å². The van der Waals surface area contributed by atoms with E-state index in [0.29, 0.717) is 17.4 Å². The summed E-state index contributed by atoms with van der Waals surface area (Å²) >= 11 is 0. The first kappa shape index (κ1) is 19.9. The quantitative estimate of drug-likeness (QED) is 0.420. The second-order valence-corrected chi connectivity index (χ2v) is 7.86. The molecule has 1 saturated carbocycles. The fraction of sp³-hybridized carbons (Fsp3) is 0.174. The van der Waals surface area contributed by atoms with Crippen LogP contribution in [0.5, 0.6) is 0 Å². The van der Waals surface area contributed by atoms with Crippen LogP contribution in [-0.2, 0) is 7.05 Å². The molecule has 2 aromatic carbocycles. The van der Waals surface area contributed by atoms with Gasteiger partial charge in [-0.3, -0.25) is 0 Å². The minimum Gasteiger partial charge on any atom is -0.382 e. The van der Waals surface area contributed by atoms with Crippen LogP contribution in [0.15, 0.2) is 48.5 Å². The number of benzene rings is 2. The van der Waals surface area contributed by atoms with Crippen molar-refractivity contribution in [1.82, 2.24) is 14.8 Å². The molecule has 162 valence electrons. The van der Waals surface area contributed by atoms with Gasteiger partial charge in [0.2, 0.25) is 0 Å². The summed E-state index contributed by atoms with van der Waals surface area (Å²) < 4.78 is 28.7. The van der Waals surface area contributed by atoms with Crippen molar-refractivity contribution < 1.29 is 13.6 Å². The lowest BCUT2D eigenvalue weighted by molar-refractivity contribution is 0.262. The summed E-state index contributed by atoms with van der Waals surface area (Å²) in [5, 5.41) is 10.0. The summed E-state index contributed by atoms with van der Waals surface area (Å²) in [4.78, 5) is 17.0. The number of nitrogens with zero attached hydrogens (tertiary/aromatic N) is 3. The molecule has 1 aliphatic rings. The number of nitrogens with two attached hydrogens (primary N) is 1. The minimum atomic E-state index is -0.723. The maximum Gasteiger partial charge on any atom is 0.323 e. The molecule has 0 spiro atoms. The van der Waals surface area contributed by atoms with Crippen LogP contribution < -0.4 is 16.4 Å². The molecule has 0 bridgehead atoms. The van der Waals surface area contributed by atoms with Gasteiger partial charge in [-0.15, -0.1) is 0 Å². The van der Waals surface area contributed by atoms with Crippen molar-refractivity contribution in [1.29, 1.82) is 0 Å². The summed E-state index contributed by atoms with van der Waals surface area (Å²) in [7, 11) is 1.82. The van der Waals surface area contributed by atoms with Gasteiger partial charge >= 0.3 is 6.03 Å². The molecule has 9 heteroatoms. The van der Waals surface area contributed by atoms with Crippen molar-refractivity contribution in [3.8, 4) is 11.1 Å². The van der Waals surface area contributed by atoms with Gasteiger partial charge in [-0.1, -0.05) is 12.1 Å². The first-order chi connectivity index (χ1) is 15.4. The number of hydrogen-bond donors (Lipinski definition) is 3. The highest BCUT2D eigenvalue weighted by Crippen LogP contribution is 2.42. The zero-order valence-electron chi connectivity index (χ0n) is 17.2. The van der Waals surface area contributed by atoms with E-state index in [1.807, 2.05) is 19.2 Å². The van der Waals surface area contributed by atoms with E-state index in [4.69, 9.17) is 10.7 Å². The molecule has 2 aromatic heterocycles. The highest BCUT2D eigenvalue weighted by Gasteiger charge is 2.27. The Bertz CT molecular complexity index is 1350. The number of nitrogens with one attached hydrogen (secondary N) is 2. The SMILES string of the molecule is Cn1nc(N)c2c(-c3ccc(NC(=O)Nc4cc(F)ccc4F)cc3)cc(C3CC3)nc21. The highest BCUT2D eigenvalue weighted by molar-refractivity contribution is 6.02. The van der Waals surface area contributed by atoms with Gasteiger partial charge in [0.15, 0.2) is 11.5 Å². The highest BCUT2D eigenvalue weighted by atomic mass is 19.1. The average molecular weight is 434 g/mol. The first-order valence-electron chi connectivity index (χ1n) is 10.2. The van der Waals surface area contributed by atoms with Crippen LogP contribution in [-0.4, -0.2) is 20.8 Å². The fourth-order valence-corrected chi connectivity index (χ4v) is 3.72. The van der Waals surface area contributed by atoms with E-state index in [1.54, 1.807) is 16.8 Å². The van der Waals surface area contributed by atoms with Crippen LogP contribution in [0.3, 0.4) is 0 Å². The van der Waals surface area contributed by atoms with Crippen molar-refractivity contribution in [2.45, 2.75) is 18.8 Å². The number of halogens is 2. The Morgan fingerprint density at radius 3 is 2.56 bits per heavy atom. The Morgan fingerprint density at radius 2 is 1.84 bits per heavy atom. The van der Waals surface area contributed by atoms with Crippen LogP contribution >= 0.6 is 0 Å². The molecule has 0 unspecified atom stereocenters.